The fourth-order valence-corrected chi connectivity index (χ4v) is 1.04. The lowest BCUT2D eigenvalue weighted by molar-refractivity contribution is 0.287. The van der Waals surface area contributed by atoms with Crippen molar-refractivity contribution < 1.29 is 4.74 Å². The summed E-state index contributed by atoms with van der Waals surface area (Å²) in [4.78, 5) is 0. The van der Waals surface area contributed by atoms with Crippen LogP contribution in [-0.2, 0) is 4.74 Å². The van der Waals surface area contributed by atoms with E-state index >= 15 is 0 Å². The summed E-state index contributed by atoms with van der Waals surface area (Å²) < 4.78 is 5.10. The van der Waals surface area contributed by atoms with Gasteiger partial charge < -0.3 is 4.74 Å². The quantitative estimate of drug-likeness (QED) is 0.510. The molecule has 0 N–H and O–H groups in total. The summed E-state index contributed by atoms with van der Waals surface area (Å²) >= 11 is 0. The summed E-state index contributed by atoms with van der Waals surface area (Å²) in [6, 6.07) is 0. The van der Waals surface area contributed by atoms with Gasteiger partial charge in [-0.3, -0.25) is 0 Å². The molecule has 0 atom stereocenters. The topological polar surface area (TPSA) is 9.23 Å². The molecule has 0 amide bonds. The molecule has 0 aromatic carbocycles. The van der Waals surface area contributed by atoms with Gasteiger partial charge in [0, 0.05) is 5.41 Å². The predicted octanol–water partition coefficient (Wildman–Crippen LogP) is 2.46. The van der Waals surface area contributed by atoms with E-state index in [9.17, 15) is 0 Å². The molecule has 1 spiro atoms. The molecule has 2 radical (unpaired) electrons. The second kappa shape index (κ2) is 2.57. The molecule has 56 valence electrons. The van der Waals surface area contributed by atoms with E-state index in [1.54, 1.807) is 6.26 Å². The molecule has 2 rings (SSSR count). The highest BCUT2D eigenvalue weighted by atomic mass is 16.5. The Balaban J connectivity index is 2.10. The average molecular weight is 146 g/mol. The molecule has 2 aliphatic rings. The Labute approximate surface area is 67.1 Å². The molecule has 1 heterocycles. The smallest absolute Gasteiger partial charge is 0.206 e. The van der Waals surface area contributed by atoms with Gasteiger partial charge in [-0.05, 0) is 18.9 Å². The van der Waals surface area contributed by atoms with E-state index in [-0.39, 0.29) is 5.41 Å². The fraction of sp³-hybridized carbons (Fsp3) is 0.300. The molecule has 1 heteroatoms. The minimum atomic E-state index is 0.138. The lowest BCUT2D eigenvalue weighted by Gasteiger charge is -2.04. The first kappa shape index (κ1) is 6.71. The largest absolute Gasteiger partial charge is 0.485 e. The van der Waals surface area contributed by atoms with Crippen LogP contribution in [0.4, 0.5) is 0 Å². The van der Waals surface area contributed by atoms with Crippen molar-refractivity contribution >= 4 is 0 Å². The minimum Gasteiger partial charge on any atom is -0.485 e. The first-order valence-corrected chi connectivity index (χ1v) is 3.85. The Morgan fingerprint density at radius 2 is 1.91 bits per heavy atom. The van der Waals surface area contributed by atoms with Crippen molar-refractivity contribution in [1.29, 1.82) is 0 Å². The van der Waals surface area contributed by atoms with E-state index in [1.807, 2.05) is 18.2 Å². The van der Waals surface area contributed by atoms with Crippen molar-refractivity contribution in [2.24, 2.45) is 5.41 Å². The van der Waals surface area contributed by atoms with Crippen LogP contribution in [0.15, 0.2) is 36.6 Å². The summed E-state index contributed by atoms with van der Waals surface area (Å²) in [6.45, 7) is 3.00. The molecular formula is C10H10O. The van der Waals surface area contributed by atoms with Crippen LogP contribution in [0.3, 0.4) is 0 Å². The van der Waals surface area contributed by atoms with Gasteiger partial charge in [0.15, 0.2) is 0 Å². The highest BCUT2D eigenvalue weighted by Crippen LogP contribution is 2.49. The molecule has 0 unspecified atom stereocenters. The highest BCUT2D eigenvalue weighted by Gasteiger charge is 2.42. The van der Waals surface area contributed by atoms with Gasteiger partial charge in [0.25, 0.3) is 0 Å². The van der Waals surface area contributed by atoms with E-state index < -0.39 is 0 Å². The molecule has 0 bridgehead atoms. The molecule has 1 saturated carbocycles. The van der Waals surface area contributed by atoms with Crippen LogP contribution in [0.25, 0.3) is 0 Å². The lowest BCUT2D eigenvalue weighted by Crippen LogP contribution is -1.96. The number of hydrogen-bond acceptors (Lipinski definition) is 1. The average Bonchev–Trinajstić information content (AvgIpc) is 2.70. The predicted molar refractivity (Wildman–Crippen MR) is 43.4 cm³/mol. The Kier molecular flexibility index (Phi) is 1.57. The summed E-state index contributed by atoms with van der Waals surface area (Å²) in [5.74, 6) is 0. The minimum absolute atomic E-state index is 0.138. The van der Waals surface area contributed by atoms with Gasteiger partial charge in [-0.25, -0.2) is 0 Å². The van der Waals surface area contributed by atoms with Crippen LogP contribution in [0.5, 0.6) is 0 Å². The van der Waals surface area contributed by atoms with E-state index in [0.717, 1.165) is 0 Å². The molecule has 1 aliphatic carbocycles. The van der Waals surface area contributed by atoms with E-state index in [0.29, 0.717) is 0 Å². The van der Waals surface area contributed by atoms with E-state index in [2.05, 4.69) is 18.8 Å². The molecule has 1 nitrogen and oxygen atoms in total. The number of allylic oxidation sites excluding steroid dienone is 4. The third-order valence-electron chi connectivity index (χ3n) is 1.95. The molecule has 1 aliphatic heterocycles. The standard InChI is InChI=1S/C10H10O/c1-2-4-8-11-9-10(5-3-1)6-7-10/h1-5,8H,6-7H2/b2-1-,5-3-,8-4-. The first-order chi connectivity index (χ1) is 5.41. The summed E-state index contributed by atoms with van der Waals surface area (Å²) in [6.07, 6.45) is 14.0. The van der Waals surface area contributed by atoms with Crippen molar-refractivity contribution in [1.82, 2.24) is 0 Å². The van der Waals surface area contributed by atoms with Gasteiger partial charge in [-0.2, -0.15) is 0 Å². The molecule has 11 heavy (non-hydrogen) atoms. The van der Waals surface area contributed by atoms with Crippen LogP contribution in [0.1, 0.15) is 12.8 Å². The lowest BCUT2D eigenvalue weighted by atomic mass is 10.1. The van der Waals surface area contributed by atoms with Gasteiger partial charge >= 0.3 is 0 Å². The monoisotopic (exact) mass is 146 g/mol. The second-order valence-electron chi connectivity index (χ2n) is 2.95. The first-order valence-electron chi connectivity index (χ1n) is 3.85. The third kappa shape index (κ3) is 1.53. The van der Waals surface area contributed by atoms with Crippen molar-refractivity contribution in [2.45, 2.75) is 12.8 Å². The third-order valence-corrected chi connectivity index (χ3v) is 1.95. The summed E-state index contributed by atoms with van der Waals surface area (Å²) in [5.41, 5.74) is 0.138. The van der Waals surface area contributed by atoms with Crippen LogP contribution in [0, 0.1) is 12.0 Å². The maximum absolute atomic E-state index is 5.10. The zero-order valence-corrected chi connectivity index (χ0v) is 6.29. The van der Waals surface area contributed by atoms with Gasteiger partial charge in [0.2, 0.25) is 6.61 Å². The van der Waals surface area contributed by atoms with Gasteiger partial charge in [0.1, 0.15) is 0 Å². The number of hydrogen-bond donors (Lipinski definition) is 0. The molecule has 1 fully saturated rings. The Hall–Kier alpha value is -0.980. The Bertz CT molecular complexity index is 219. The molecular weight excluding hydrogens is 136 g/mol. The van der Waals surface area contributed by atoms with Crippen LogP contribution in [0.2, 0.25) is 0 Å². The second-order valence-corrected chi connectivity index (χ2v) is 2.95. The van der Waals surface area contributed by atoms with Crippen molar-refractivity contribution in [3.8, 4) is 0 Å². The van der Waals surface area contributed by atoms with Crippen molar-refractivity contribution in [2.75, 3.05) is 0 Å². The van der Waals surface area contributed by atoms with Gasteiger partial charge in [-0.15, -0.1) is 0 Å². The van der Waals surface area contributed by atoms with E-state index in [1.165, 1.54) is 12.8 Å². The zero-order valence-electron chi connectivity index (χ0n) is 6.29. The number of rotatable bonds is 0. The van der Waals surface area contributed by atoms with Gasteiger partial charge in [0.05, 0.1) is 6.26 Å². The Morgan fingerprint density at radius 1 is 1.09 bits per heavy atom. The van der Waals surface area contributed by atoms with Crippen LogP contribution in [-0.4, -0.2) is 0 Å². The van der Waals surface area contributed by atoms with Crippen molar-refractivity contribution in [3.63, 3.8) is 0 Å². The Morgan fingerprint density at radius 3 is 2.73 bits per heavy atom. The van der Waals surface area contributed by atoms with Crippen LogP contribution >= 0.6 is 0 Å². The maximum atomic E-state index is 5.10. The summed E-state index contributed by atoms with van der Waals surface area (Å²) in [7, 11) is 0. The van der Waals surface area contributed by atoms with Crippen molar-refractivity contribution in [3.05, 3.63) is 43.2 Å². The molecule has 0 saturated heterocycles. The molecule has 0 aromatic rings. The van der Waals surface area contributed by atoms with E-state index in [4.69, 9.17) is 4.74 Å². The fourth-order valence-electron chi connectivity index (χ4n) is 1.04. The molecule has 0 aromatic heterocycles. The normalized spacial score (nSPS) is 34.2. The van der Waals surface area contributed by atoms with Crippen LogP contribution < -0.4 is 0 Å². The summed E-state index contributed by atoms with van der Waals surface area (Å²) in [5, 5.41) is 0. The SMILES string of the molecule is [C]1O\C=C/C=C\C=C/C12CC2. The zero-order chi connectivity index (χ0) is 7.57. The highest BCUT2D eigenvalue weighted by molar-refractivity contribution is 5.21. The van der Waals surface area contributed by atoms with Gasteiger partial charge in [-0.1, -0.05) is 24.3 Å². The number of ether oxygens (including phenoxy) is 1. The maximum Gasteiger partial charge on any atom is 0.206 e.